The minimum absolute atomic E-state index is 0.967. The molecule has 2 aromatic heterocycles. The summed E-state index contributed by atoms with van der Waals surface area (Å²) in [5, 5.41) is 2.24. The molecule has 0 N–H and O–H groups in total. The Balaban J connectivity index is 1.31. The first kappa shape index (κ1) is 13.7. The van der Waals surface area contributed by atoms with Gasteiger partial charge in [-0.15, -0.1) is 0 Å². The molecule has 22 heavy (non-hydrogen) atoms. The van der Waals surface area contributed by atoms with Crippen LogP contribution in [-0.4, -0.2) is 47.0 Å². The van der Waals surface area contributed by atoms with Crippen LogP contribution in [0.25, 0.3) is 11.0 Å². The van der Waals surface area contributed by atoms with Crippen molar-refractivity contribution in [3.05, 3.63) is 42.4 Å². The van der Waals surface area contributed by atoms with Crippen molar-refractivity contribution in [3.8, 4) is 0 Å². The molecule has 114 valence electrons. The van der Waals surface area contributed by atoms with Crippen LogP contribution in [0.15, 0.2) is 41.3 Å². The Morgan fingerprint density at radius 3 is 2.86 bits per heavy atom. The normalized spacial score (nSPS) is 16.5. The summed E-state index contributed by atoms with van der Waals surface area (Å²) < 4.78 is 9.47. The van der Waals surface area contributed by atoms with Gasteiger partial charge >= 0.3 is 0 Å². The maximum atomic E-state index is 5.39. The van der Waals surface area contributed by atoms with Crippen LogP contribution in [-0.2, 0) is 6.42 Å². The van der Waals surface area contributed by atoms with Gasteiger partial charge in [0, 0.05) is 49.6 Å². The second kappa shape index (κ2) is 6.06. The molecule has 0 atom stereocenters. The molecule has 0 aliphatic carbocycles. The van der Waals surface area contributed by atoms with Gasteiger partial charge in [0.15, 0.2) is 0 Å². The minimum Gasteiger partial charge on any atom is -0.464 e. The number of rotatable bonds is 4. The number of nitrogens with zero attached hydrogens (tertiary/aromatic N) is 4. The van der Waals surface area contributed by atoms with E-state index in [0.29, 0.717) is 0 Å². The van der Waals surface area contributed by atoms with Gasteiger partial charge in [0.1, 0.15) is 11.9 Å². The van der Waals surface area contributed by atoms with E-state index in [1.54, 1.807) is 12.6 Å². The average molecular weight is 314 g/mol. The van der Waals surface area contributed by atoms with E-state index < -0.39 is 0 Å². The summed E-state index contributed by atoms with van der Waals surface area (Å²) >= 11 is 1.48. The smallest absolute Gasteiger partial charge is 0.205 e. The first-order valence-electron chi connectivity index (χ1n) is 7.58. The zero-order valence-corrected chi connectivity index (χ0v) is 13.1. The molecule has 6 heteroatoms. The molecule has 0 spiro atoms. The summed E-state index contributed by atoms with van der Waals surface area (Å²) in [6.45, 7) is 5.36. The highest BCUT2D eigenvalue weighted by atomic mass is 32.1. The molecular formula is C16H18N4OS. The van der Waals surface area contributed by atoms with Crippen LogP contribution in [0.2, 0.25) is 0 Å². The quantitative estimate of drug-likeness (QED) is 0.741. The minimum atomic E-state index is 0.967. The number of fused-ring (bicyclic) bond motifs is 1. The standard InChI is InChI=1S/C16H18N4OS/c1-2-15-14(4-10-21-15)11-13(1)3-5-19-6-8-20(9-7-19)16-17-12-18-22-16/h1-2,4,10-12H,3,5-9H2. The number of aromatic nitrogens is 2. The summed E-state index contributed by atoms with van der Waals surface area (Å²) in [4.78, 5) is 9.14. The lowest BCUT2D eigenvalue weighted by Crippen LogP contribution is -2.46. The highest BCUT2D eigenvalue weighted by Gasteiger charge is 2.18. The third-order valence-corrected chi connectivity index (χ3v) is 4.95. The van der Waals surface area contributed by atoms with Crippen molar-refractivity contribution in [2.75, 3.05) is 37.6 Å². The zero-order valence-electron chi connectivity index (χ0n) is 12.3. The zero-order chi connectivity index (χ0) is 14.8. The van der Waals surface area contributed by atoms with Gasteiger partial charge in [-0.1, -0.05) is 6.07 Å². The Labute approximate surface area is 133 Å². The van der Waals surface area contributed by atoms with Gasteiger partial charge in [-0.3, -0.25) is 4.90 Å². The molecule has 0 radical (unpaired) electrons. The number of benzene rings is 1. The Morgan fingerprint density at radius 2 is 2.05 bits per heavy atom. The third-order valence-electron chi connectivity index (χ3n) is 4.23. The molecule has 1 aliphatic heterocycles. The van der Waals surface area contributed by atoms with E-state index in [9.17, 15) is 0 Å². The van der Waals surface area contributed by atoms with Crippen LogP contribution in [0.5, 0.6) is 0 Å². The van der Waals surface area contributed by atoms with E-state index in [1.807, 2.05) is 6.07 Å². The fraction of sp³-hybridized carbons (Fsp3) is 0.375. The summed E-state index contributed by atoms with van der Waals surface area (Å²) in [6, 6.07) is 8.50. The van der Waals surface area contributed by atoms with Gasteiger partial charge in [0.2, 0.25) is 5.13 Å². The summed E-state index contributed by atoms with van der Waals surface area (Å²) in [7, 11) is 0. The fourth-order valence-corrected chi connectivity index (χ4v) is 3.51. The molecule has 3 heterocycles. The van der Waals surface area contributed by atoms with Crippen LogP contribution < -0.4 is 4.90 Å². The van der Waals surface area contributed by atoms with Gasteiger partial charge in [-0.05, 0) is 30.2 Å². The number of anilines is 1. The number of hydrogen-bond donors (Lipinski definition) is 0. The van der Waals surface area contributed by atoms with Crippen molar-refractivity contribution in [2.24, 2.45) is 0 Å². The van der Waals surface area contributed by atoms with E-state index in [2.05, 4.69) is 37.4 Å². The molecule has 1 fully saturated rings. The summed E-state index contributed by atoms with van der Waals surface area (Å²) in [5.41, 5.74) is 2.34. The Morgan fingerprint density at radius 1 is 1.14 bits per heavy atom. The second-order valence-corrected chi connectivity index (χ2v) is 6.35. The van der Waals surface area contributed by atoms with Gasteiger partial charge in [-0.25, -0.2) is 4.98 Å². The van der Waals surface area contributed by atoms with E-state index in [-0.39, 0.29) is 0 Å². The monoisotopic (exact) mass is 314 g/mol. The first-order valence-corrected chi connectivity index (χ1v) is 8.36. The van der Waals surface area contributed by atoms with Crippen molar-refractivity contribution in [1.82, 2.24) is 14.3 Å². The number of piperazine rings is 1. The van der Waals surface area contributed by atoms with Crippen LogP contribution in [0.3, 0.4) is 0 Å². The van der Waals surface area contributed by atoms with E-state index in [0.717, 1.165) is 49.9 Å². The van der Waals surface area contributed by atoms with Crippen LogP contribution in [0.4, 0.5) is 5.13 Å². The summed E-state index contributed by atoms with van der Waals surface area (Å²) in [5.74, 6) is 0. The lowest BCUT2D eigenvalue weighted by molar-refractivity contribution is 0.261. The predicted molar refractivity (Wildman–Crippen MR) is 88.5 cm³/mol. The average Bonchev–Trinajstić information content (AvgIpc) is 3.24. The van der Waals surface area contributed by atoms with Gasteiger partial charge in [-0.2, -0.15) is 4.37 Å². The molecule has 1 saturated heterocycles. The van der Waals surface area contributed by atoms with E-state index in [4.69, 9.17) is 4.42 Å². The largest absolute Gasteiger partial charge is 0.464 e. The Kier molecular flexibility index (Phi) is 3.78. The van der Waals surface area contributed by atoms with Crippen molar-refractivity contribution >= 4 is 27.6 Å². The van der Waals surface area contributed by atoms with Gasteiger partial charge in [0.05, 0.1) is 6.26 Å². The maximum Gasteiger partial charge on any atom is 0.205 e. The molecule has 0 unspecified atom stereocenters. The van der Waals surface area contributed by atoms with E-state index in [1.165, 1.54) is 22.5 Å². The van der Waals surface area contributed by atoms with Crippen LogP contribution >= 0.6 is 11.5 Å². The lowest BCUT2D eigenvalue weighted by atomic mass is 10.1. The van der Waals surface area contributed by atoms with Crippen LogP contribution in [0.1, 0.15) is 5.56 Å². The SMILES string of the molecule is c1nsc(N2CCN(CCc3ccc4occc4c3)CC2)n1. The lowest BCUT2D eigenvalue weighted by Gasteiger charge is -2.34. The van der Waals surface area contributed by atoms with Crippen molar-refractivity contribution in [3.63, 3.8) is 0 Å². The van der Waals surface area contributed by atoms with Crippen molar-refractivity contribution < 1.29 is 4.42 Å². The molecule has 3 aromatic rings. The second-order valence-electron chi connectivity index (χ2n) is 5.60. The van der Waals surface area contributed by atoms with Crippen LogP contribution in [0, 0.1) is 0 Å². The van der Waals surface area contributed by atoms with Crippen molar-refractivity contribution in [1.29, 1.82) is 0 Å². The number of hydrogen-bond acceptors (Lipinski definition) is 6. The molecule has 5 nitrogen and oxygen atoms in total. The summed E-state index contributed by atoms with van der Waals surface area (Å²) in [6.07, 6.45) is 4.47. The molecular weight excluding hydrogens is 296 g/mol. The molecule has 1 aromatic carbocycles. The van der Waals surface area contributed by atoms with Gasteiger partial charge in [0.25, 0.3) is 0 Å². The predicted octanol–water partition coefficient (Wildman–Crippen LogP) is 2.65. The molecule has 4 rings (SSSR count). The molecule has 0 amide bonds. The molecule has 0 saturated carbocycles. The fourth-order valence-electron chi connectivity index (χ4n) is 2.93. The maximum absolute atomic E-state index is 5.39. The topological polar surface area (TPSA) is 45.4 Å². The Bertz CT molecular complexity index is 732. The highest BCUT2D eigenvalue weighted by Crippen LogP contribution is 2.19. The molecule has 0 bridgehead atoms. The number of furan rings is 1. The highest BCUT2D eigenvalue weighted by molar-refractivity contribution is 7.09. The van der Waals surface area contributed by atoms with E-state index >= 15 is 0 Å². The van der Waals surface area contributed by atoms with Gasteiger partial charge < -0.3 is 9.32 Å². The Hall–Kier alpha value is -1.92. The third kappa shape index (κ3) is 2.84. The first-order chi connectivity index (χ1) is 10.9. The molecule has 1 aliphatic rings. The van der Waals surface area contributed by atoms with Crippen molar-refractivity contribution in [2.45, 2.75) is 6.42 Å².